The highest BCUT2D eigenvalue weighted by Crippen LogP contribution is 2.43. The van der Waals surface area contributed by atoms with Crippen LogP contribution in [-0.2, 0) is 6.61 Å². The molecule has 4 rings (SSSR count). The normalized spacial score (nSPS) is 13.5. The predicted molar refractivity (Wildman–Crippen MR) is 124 cm³/mol. The molecule has 0 fully saturated rings. The second kappa shape index (κ2) is 9.13. The van der Waals surface area contributed by atoms with Gasteiger partial charge in [0.25, 0.3) is 0 Å². The third-order valence-corrected chi connectivity index (χ3v) is 6.07. The van der Waals surface area contributed by atoms with E-state index < -0.39 is 11.8 Å². The zero-order chi connectivity index (χ0) is 22.8. The molecule has 0 atom stereocenters. The zero-order valence-corrected chi connectivity index (χ0v) is 18.7. The molecule has 0 saturated carbocycles. The molecule has 0 amide bonds. The first kappa shape index (κ1) is 22.0. The third-order valence-electron chi connectivity index (χ3n) is 5.72. The summed E-state index contributed by atoms with van der Waals surface area (Å²) in [5.74, 6) is -0.808. The van der Waals surface area contributed by atoms with E-state index in [1.54, 1.807) is 25.1 Å². The average Bonchev–Trinajstić information content (AvgIpc) is 3.24. The van der Waals surface area contributed by atoms with Gasteiger partial charge >= 0.3 is 5.97 Å². The van der Waals surface area contributed by atoms with Crippen LogP contribution >= 0.6 is 11.6 Å². The minimum absolute atomic E-state index is 0.0100. The van der Waals surface area contributed by atoms with Crippen LogP contribution in [0.4, 0.5) is 4.39 Å². The van der Waals surface area contributed by atoms with E-state index in [-0.39, 0.29) is 12.3 Å². The monoisotopic (exact) mass is 451 g/mol. The standard InChI is InChI=1S/C26H23ClFNO3/c1-15-9-12-24(32-14-20-21(27)7-4-8-22(20)28)19(13-15)17-5-3-6-18(17)23-11-10-16(2)25(29-23)26(30)31/h4,7-13H,3,5-6,14H2,1-2H3,(H,30,31). The van der Waals surface area contributed by atoms with Gasteiger partial charge in [0, 0.05) is 11.1 Å². The van der Waals surface area contributed by atoms with Crippen LogP contribution in [0.1, 0.15) is 57.7 Å². The zero-order valence-electron chi connectivity index (χ0n) is 17.9. The second-order valence-corrected chi connectivity index (χ2v) is 8.37. The van der Waals surface area contributed by atoms with E-state index in [1.807, 2.05) is 31.2 Å². The molecule has 32 heavy (non-hydrogen) atoms. The number of halogens is 2. The van der Waals surface area contributed by atoms with Gasteiger partial charge in [-0.25, -0.2) is 14.2 Å². The number of carboxylic acids is 1. The molecule has 1 heterocycles. The summed E-state index contributed by atoms with van der Waals surface area (Å²) in [4.78, 5) is 16.0. The lowest BCUT2D eigenvalue weighted by molar-refractivity contribution is 0.0689. The molecular weight excluding hydrogens is 429 g/mol. The van der Waals surface area contributed by atoms with Crippen molar-refractivity contribution < 1.29 is 19.0 Å². The number of benzene rings is 2. The van der Waals surface area contributed by atoms with Crippen LogP contribution in [0.15, 0.2) is 48.5 Å². The van der Waals surface area contributed by atoms with E-state index in [0.717, 1.165) is 41.5 Å². The molecule has 3 aromatic rings. The highest BCUT2D eigenvalue weighted by molar-refractivity contribution is 6.31. The Kier molecular flexibility index (Phi) is 6.28. The van der Waals surface area contributed by atoms with Gasteiger partial charge < -0.3 is 9.84 Å². The van der Waals surface area contributed by atoms with Crippen LogP contribution in [0.2, 0.25) is 5.02 Å². The molecule has 0 bridgehead atoms. The number of nitrogens with zero attached hydrogens (tertiary/aromatic N) is 1. The Morgan fingerprint density at radius 2 is 1.91 bits per heavy atom. The molecule has 0 aliphatic heterocycles. The van der Waals surface area contributed by atoms with Gasteiger partial charge in [-0.3, -0.25) is 0 Å². The maximum Gasteiger partial charge on any atom is 0.354 e. The van der Waals surface area contributed by atoms with Crippen LogP contribution in [0.5, 0.6) is 5.75 Å². The Labute approximate surface area is 191 Å². The molecule has 1 aliphatic carbocycles. The summed E-state index contributed by atoms with van der Waals surface area (Å²) in [6, 6.07) is 14.1. The van der Waals surface area contributed by atoms with E-state index in [1.165, 1.54) is 6.07 Å². The Bertz CT molecular complexity index is 1220. The van der Waals surface area contributed by atoms with Gasteiger partial charge in [0.05, 0.1) is 10.7 Å². The van der Waals surface area contributed by atoms with Gasteiger partial charge in [-0.15, -0.1) is 0 Å². The van der Waals surface area contributed by atoms with Crippen molar-refractivity contribution in [3.05, 3.63) is 93.0 Å². The number of carbonyl (C=O) groups is 1. The number of carboxylic acid groups (broad SMARTS) is 1. The number of hydrogen-bond donors (Lipinski definition) is 1. The van der Waals surface area contributed by atoms with Gasteiger partial charge in [0.1, 0.15) is 18.2 Å². The number of rotatable bonds is 6. The molecule has 2 aromatic carbocycles. The lowest BCUT2D eigenvalue weighted by atomic mass is 9.97. The van der Waals surface area contributed by atoms with Crippen LogP contribution in [0, 0.1) is 19.7 Å². The van der Waals surface area contributed by atoms with Gasteiger partial charge in [0.2, 0.25) is 0 Å². The van der Waals surface area contributed by atoms with Crippen molar-refractivity contribution in [2.45, 2.75) is 39.7 Å². The first-order valence-corrected chi connectivity index (χ1v) is 10.8. The van der Waals surface area contributed by atoms with E-state index >= 15 is 0 Å². The van der Waals surface area contributed by atoms with Gasteiger partial charge in [-0.05, 0) is 80.2 Å². The molecule has 1 N–H and O–H groups in total. The van der Waals surface area contributed by atoms with E-state index in [0.29, 0.717) is 27.6 Å². The van der Waals surface area contributed by atoms with Gasteiger partial charge in [-0.2, -0.15) is 0 Å². The Morgan fingerprint density at radius 3 is 2.66 bits per heavy atom. The fraction of sp³-hybridized carbons (Fsp3) is 0.231. The Morgan fingerprint density at radius 1 is 1.12 bits per heavy atom. The number of pyridine rings is 1. The minimum atomic E-state index is -1.04. The summed E-state index contributed by atoms with van der Waals surface area (Å²) >= 11 is 6.16. The summed E-state index contributed by atoms with van der Waals surface area (Å²) in [5.41, 5.74) is 5.77. The van der Waals surface area contributed by atoms with Crippen LogP contribution in [0.25, 0.3) is 11.1 Å². The molecule has 0 radical (unpaired) electrons. The van der Waals surface area contributed by atoms with Crippen molar-refractivity contribution in [1.82, 2.24) is 4.98 Å². The highest BCUT2D eigenvalue weighted by atomic mass is 35.5. The van der Waals surface area contributed by atoms with Gasteiger partial charge in [-0.1, -0.05) is 35.4 Å². The van der Waals surface area contributed by atoms with Crippen molar-refractivity contribution in [3.8, 4) is 5.75 Å². The quantitative estimate of drug-likeness (QED) is 0.444. The fourth-order valence-corrected chi connectivity index (χ4v) is 4.28. The number of aromatic nitrogens is 1. The summed E-state index contributed by atoms with van der Waals surface area (Å²) in [6.45, 7) is 3.75. The van der Waals surface area contributed by atoms with Gasteiger partial charge in [0.15, 0.2) is 5.69 Å². The van der Waals surface area contributed by atoms with Crippen molar-refractivity contribution >= 4 is 28.7 Å². The largest absolute Gasteiger partial charge is 0.488 e. The van der Waals surface area contributed by atoms with Crippen molar-refractivity contribution in [1.29, 1.82) is 0 Å². The lowest BCUT2D eigenvalue weighted by Crippen LogP contribution is -2.06. The van der Waals surface area contributed by atoms with Crippen LogP contribution in [0.3, 0.4) is 0 Å². The summed E-state index contributed by atoms with van der Waals surface area (Å²) < 4.78 is 20.3. The number of aryl methyl sites for hydroxylation is 2. The topological polar surface area (TPSA) is 59.4 Å². The third kappa shape index (κ3) is 4.39. The minimum Gasteiger partial charge on any atom is -0.488 e. The van der Waals surface area contributed by atoms with E-state index in [4.69, 9.17) is 16.3 Å². The molecule has 6 heteroatoms. The first-order valence-electron chi connectivity index (χ1n) is 10.4. The molecule has 0 unspecified atom stereocenters. The molecule has 4 nitrogen and oxygen atoms in total. The van der Waals surface area contributed by atoms with Crippen LogP contribution < -0.4 is 4.74 Å². The molecule has 0 spiro atoms. The maximum absolute atomic E-state index is 14.2. The maximum atomic E-state index is 14.2. The predicted octanol–water partition coefficient (Wildman–Crippen LogP) is 6.86. The van der Waals surface area contributed by atoms with E-state index in [2.05, 4.69) is 4.98 Å². The Balaban J connectivity index is 1.75. The smallest absolute Gasteiger partial charge is 0.354 e. The lowest BCUT2D eigenvalue weighted by Gasteiger charge is -2.16. The molecule has 1 aromatic heterocycles. The fourth-order valence-electron chi connectivity index (χ4n) is 4.06. The molecule has 0 saturated heterocycles. The number of allylic oxidation sites excluding steroid dienone is 2. The van der Waals surface area contributed by atoms with Crippen LogP contribution in [-0.4, -0.2) is 16.1 Å². The van der Waals surface area contributed by atoms with Crippen molar-refractivity contribution in [2.75, 3.05) is 0 Å². The summed E-state index contributed by atoms with van der Waals surface area (Å²) in [6.07, 6.45) is 2.57. The first-order chi connectivity index (χ1) is 15.3. The average molecular weight is 452 g/mol. The highest BCUT2D eigenvalue weighted by Gasteiger charge is 2.23. The SMILES string of the molecule is Cc1ccc(OCc2c(F)cccc2Cl)c(C2=C(c3ccc(C)c(C(=O)O)n3)CCC2)c1. The number of hydrogen-bond acceptors (Lipinski definition) is 3. The van der Waals surface area contributed by atoms with E-state index in [9.17, 15) is 14.3 Å². The Hall–Kier alpha value is -3.18. The summed E-state index contributed by atoms with van der Waals surface area (Å²) in [7, 11) is 0. The summed E-state index contributed by atoms with van der Waals surface area (Å²) in [5, 5.41) is 9.80. The number of ether oxygens (including phenoxy) is 1. The number of aromatic carboxylic acids is 1. The van der Waals surface area contributed by atoms with Crippen molar-refractivity contribution in [3.63, 3.8) is 0 Å². The molecule has 164 valence electrons. The molecular formula is C26H23ClFNO3. The molecule has 1 aliphatic rings. The second-order valence-electron chi connectivity index (χ2n) is 7.97. The van der Waals surface area contributed by atoms with Crippen molar-refractivity contribution in [2.24, 2.45) is 0 Å².